The van der Waals surface area contributed by atoms with E-state index in [9.17, 15) is 13.6 Å². The van der Waals surface area contributed by atoms with Crippen LogP contribution in [-0.4, -0.2) is 61.2 Å². The third-order valence-electron chi connectivity index (χ3n) is 8.05. The summed E-state index contributed by atoms with van der Waals surface area (Å²) in [5, 5.41) is 12.0. The van der Waals surface area contributed by atoms with Gasteiger partial charge in [0.25, 0.3) is 6.43 Å². The van der Waals surface area contributed by atoms with Crippen LogP contribution in [0.3, 0.4) is 0 Å². The van der Waals surface area contributed by atoms with Crippen LogP contribution in [0, 0.1) is 0 Å². The minimum atomic E-state index is -2.83. The molecule has 228 valence electrons. The van der Waals surface area contributed by atoms with Crippen molar-refractivity contribution in [3.05, 3.63) is 96.2 Å². The molecule has 3 heterocycles. The van der Waals surface area contributed by atoms with Crippen LogP contribution in [0.1, 0.15) is 18.2 Å². The molecule has 1 saturated heterocycles. The summed E-state index contributed by atoms with van der Waals surface area (Å²) >= 11 is 0. The smallest absolute Gasteiger partial charge is 0.285 e. The van der Waals surface area contributed by atoms with Crippen LogP contribution in [0.4, 0.5) is 31.7 Å². The predicted octanol–water partition coefficient (Wildman–Crippen LogP) is 5.09. The number of nitrogens with one attached hydrogen (secondary N) is 4. The van der Waals surface area contributed by atoms with E-state index >= 15 is 0 Å². The SMILES string of the molecule is CN[C@H](Cc1ccccc1)C(=O)Nc1ccc(-c2nc(N3CCOC[C@@H]3C)cc(C3(C(F)F)Nc4ccccc4N3)n2)cc1. The molecule has 0 unspecified atom stereocenters. The highest BCUT2D eigenvalue weighted by Gasteiger charge is 2.48. The molecule has 1 amide bonds. The van der Waals surface area contributed by atoms with E-state index in [0.717, 1.165) is 5.56 Å². The number of benzene rings is 3. The summed E-state index contributed by atoms with van der Waals surface area (Å²) in [5.74, 6) is 0.670. The second kappa shape index (κ2) is 12.6. The first kappa shape index (κ1) is 29.5. The maximum Gasteiger partial charge on any atom is 0.285 e. The lowest BCUT2D eigenvalue weighted by molar-refractivity contribution is -0.118. The summed E-state index contributed by atoms with van der Waals surface area (Å²) in [7, 11) is 1.76. The van der Waals surface area contributed by atoms with Gasteiger partial charge >= 0.3 is 0 Å². The summed E-state index contributed by atoms with van der Waals surface area (Å²) < 4.78 is 35.6. The molecule has 2 aliphatic heterocycles. The van der Waals surface area contributed by atoms with E-state index in [1.54, 1.807) is 61.6 Å². The van der Waals surface area contributed by atoms with Crippen LogP contribution in [0.5, 0.6) is 0 Å². The zero-order valence-corrected chi connectivity index (χ0v) is 24.6. The van der Waals surface area contributed by atoms with Gasteiger partial charge < -0.3 is 30.9 Å². The fourth-order valence-electron chi connectivity index (χ4n) is 5.59. The number of alkyl halides is 2. The highest BCUT2D eigenvalue weighted by atomic mass is 19.3. The number of anilines is 4. The van der Waals surface area contributed by atoms with Crippen LogP contribution in [0.2, 0.25) is 0 Å². The summed E-state index contributed by atoms with van der Waals surface area (Å²) in [6.45, 7) is 3.59. The Bertz CT molecular complexity index is 1580. The van der Waals surface area contributed by atoms with Crippen molar-refractivity contribution in [3.8, 4) is 11.4 Å². The van der Waals surface area contributed by atoms with Crippen LogP contribution in [-0.2, 0) is 21.6 Å². The lowest BCUT2D eigenvalue weighted by atomic mass is 10.0. The van der Waals surface area contributed by atoms with Gasteiger partial charge in [-0.25, -0.2) is 18.7 Å². The summed E-state index contributed by atoms with van der Waals surface area (Å²) in [6, 6.07) is 25.2. The number of nitrogens with zero attached hydrogens (tertiary/aromatic N) is 3. The molecule has 1 fully saturated rings. The van der Waals surface area contributed by atoms with E-state index in [2.05, 4.69) is 31.2 Å². The molecular formula is C33H35F2N7O2. The lowest BCUT2D eigenvalue weighted by Crippen LogP contribution is -2.48. The molecule has 0 saturated carbocycles. The van der Waals surface area contributed by atoms with Crippen LogP contribution >= 0.6 is 0 Å². The molecule has 4 aromatic rings. The number of para-hydroxylation sites is 2. The molecule has 2 atom stereocenters. The highest BCUT2D eigenvalue weighted by molar-refractivity contribution is 5.95. The van der Waals surface area contributed by atoms with Crippen molar-refractivity contribution in [2.45, 2.75) is 37.5 Å². The topological polar surface area (TPSA) is 103 Å². The minimum Gasteiger partial charge on any atom is -0.377 e. The van der Waals surface area contributed by atoms with Gasteiger partial charge in [-0.05, 0) is 62.4 Å². The predicted molar refractivity (Wildman–Crippen MR) is 168 cm³/mol. The Morgan fingerprint density at radius 2 is 1.70 bits per heavy atom. The van der Waals surface area contributed by atoms with E-state index in [-0.39, 0.29) is 17.6 Å². The number of aromatic nitrogens is 2. The maximum atomic E-state index is 15.0. The van der Waals surface area contributed by atoms with Crippen LogP contribution < -0.4 is 26.2 Å². The zero-order chi connectivity index (χ0) is 30.7. The molecule has 0 radical (unpaired) electrons. The number of hydrogen-bond donors (Lipinski definition) is 4. The summed E-state index contributed by atoms with van der Waals surface area (Å²) in [5.41, 5.74) is 1.60. The van der Waals surface area contributed by atoms with Crippen molar-refractivity contribution in [1.82, 2.24) is 15.3 Å². The quantitative estimate of drug-likeness (QED) is 0.211. The number of carbonyl (C=O) groups excluding carboxylic acids is 1. The average molecular weight is 600 g/mol. The number of amides is 1. The van der Waals surface area contributed by atoms with Gasteiger partial charge in [-0.2, -0.15) is 0 Å². The molecular weight excluding hydrogens is 564 g/mol. The largest absolute Gasteiger partial charge is 0.377 e. The third-order valence-corrected chi connectivity index (χ3v) is 8.05. The second-order valence-electron chi connectivity index (χ2n) is 11.1. The molecule has 0 aliphatic carbocycles. The van der Waals surface area contributed by atoms with E-state index in [0.29, 0.717) is 60.4 Å². The molecule has 11 heteroatoms. The molecule has 0 bridgehead atoms. The number of ether oxygens (including phenoxy) is 1. The molecule has 2 aliphatic rings. The van der Waals surface area contributed by atoms with Gasteiger partial charge in [0.2, 0.25) is 11.6 Å². The maximum absolute atomic E-state index is 15.0. The van der Waals surface area contributed by atoms with Crippen molar-refractivity contribution in [1.29, 1.82) is 0 Å². The minimum absolute atomic E-state index is 0.00265. The number of fused-ring (bicyclic) bond motifs is 1. The van der Waals surface area contributed by atoms with Gasteiger partial charge in [-0.3, -0.25) is 4.79 Å². The first-order valence-corrected chi connectivity index (χ1v) is 14.7. The number of halogens is 2. The Morgan fingerprint density at radius 3 is 2.34 bits per heavy atom. The van der Waals surface area contributed by atoms with Crippen LogP contribution in [0.25, 0.3) is 11.4 Å². The molecule has 0 spiro atoms. The van der Waals surface area contributed by atoms with E-state index in [1.807, 2.05) is 37.3 Å². The van der Waals surface area contributed by atoms with Gasteiger partial charge in [0.15, 0.2) is 5.82 Å². The number of rotatable bonds is 9. The monoisotopic (exact) mass is 599 g/mol. The average Bonchev–Trinajstić information content (AvgIpc) is 3.46. The van der Waals surface area contributed by atoms with Crippen molar-refractivity contribution in [3.63, 3.8) is 0 Å². The van der Waals surface area contributed by atoms with Gasteiger partial charge in [-0.1, -0.05) is 42.5 Å². The van der Waals surface area contributed by atoms with Crippen molar-refractivity contribution >= 4 is 28.8 Å². The highest BCUT2D eigenvalue weighted by Crippen LogP contribution is 2.43. The number of carbonyl (C=O) groups is 1. The van der Waals surface area contributed by atoms with Gasteiger partial charge in [-0.15, -0.1) is 0 Å². The second-order valence-corrected chi connectivity index (χ2v) is 11.1. The van der Waals surface area contributed by atoms with E-state index in [1.165, 1.54) is 0 Å². The number of morpholine rings is 1. The van der Waals surface area contributed by atoms with Gasteiger partial charge in [0.05, 0.1) is 42.4 Å². The van der Waals surface area contributed by atoms with Gasteiger partial charge in [0, 0.05) is 23.9 Å². The van der Waals surface area contributed by atoms with Crippen LogP contribution in [0.15, 0.2) is 84.9 Å². The Labute approximate surface area is 255 Å². The zero-order valence-electron chi connectivity index (χ0n) is 24.6. The first-order valence-electron chi connectivity index (χ1n) is 14.7. The van der Waals surface area contributed by atoms with Gasteiger partial charge in [0.1, 0.15) is 5.82 Å². The fraction of sp³-hybridized carbons (Fsp3) is 0.303. The van der Waals surface area contributed by atoms with E-state index in [4.69, 9.17) is 9.72 Å². The first-order chi connectivity index (χ1) is 21.4. The number of hydrogen-bond acceptors (Lipinski definition) is 8. The summed E-state index contributed by atoms with van der Waals surface area (Å²) in [6.07, 6.45) is -2.29. The Balaban J connectivity index is 1.31. The fourth-order valence-corrected chi connectivity index (χ4v) is 5.59. The molecule has 1 aromatic heterocycles. The third kappa shape index (κ3) is 5.93. The Morgan fingerprint density at radius 1 is 1.02 bits per heavy atom. The molecule has 6 rings (SSSR count). The number of likely N-dealkylation sites (N-methyl/N-ethyl adjacent to an activating group) is 1. The molecule has 3 aromatic carbocycles. The molecule has 44 heavy (non-hydrogen) atoms. The molecule has 9 nitrogen and oxygen atoms in total. The standard InChI is InChI=1S/C33H35F2N7O2/c1-21-20-44-17-16-42(21)29-19-28(33(32(34)35)40-25-10-6-7-11-26(25)41-33)38-30(39-29)23-12-14-24(15-13-23)37-31(43)27(36-2)18-22-8-4-3-5-9-22/h3-15,19,21,27,32,36,40-41H,16-18,20H2,1-2H3,(H,37,43)/t21-,27+/m0/s1. The van der Waals surface area contributed by atoms with Crippen molar-refractivity contribution in [2.24, 2.45) is 0 Å². The summed E-state index contributed by atoms with van der Waals surface area (Å²) in [4.78, 5) is 24.6. The Hall–Kier alpha value is -4.61. The van der Waals surface area contributed by atoms with E-state index < -0.39 is 18.1 Å². The van der Waals surface area contributed by atoms with Crippen molar-refractivity contribution in [2.75, 3.05) is 47.7 Å². The van der Waals surface area contributed by atoms with Crippen molar-refractivity contribution < 1.29 is 18.3 Å². The Kier molecular flexibility index (Phi) is 8.40. The lowest BCUT2D eigenvalue weighted by Gasteiger charge is -2.36. The normalized spacial score (nSPS) is 17.8. The molecule has 4 N–H and O–H groups in total.